The van der Waals surface area contributed by atoms with Gasteiger partial charge in [-0.15, -0.1) is 0 Å². The van der Waals surface area contributed by atoms with E-state index in [1.54, 1.807) is 0 Å². The molecule has 118 valence electrons. The molecule has 3 unspecified atom stereocenters. The Bertz CT molecular complexity index is 404. The molecule has 0 aromatic heterocycles. The normalized spacial score (nSPS) is 27.3. The second-order valence-corrected chi connectivity index (χ2v) is 6.92. The van der Waals surface area contributed by atoms with Crippen LogP contribution in [0.1, 0.15) is 65.0 Å². The Morgan fingerprint density at radius 2 is 1.71 bits per heavy atom. The van der Waals surface area contributed by atoms with Crippen molar-refractivity contribution in [3.8, 4) is 5.75 Å². The zero-order chi connectivity index (χ0) is 15.2. The summed E-state index contributed by atoms with van der Waals surface area (Å²) in [5.41, 5.74) is 1.35. The van der Waals surface area contributed by atoms with Crippen LogP contribution >= 0.6 is 0 Å². The molecule has 2 rings (SSSR count). The molecule has 1 aliphatic carbocycles. The fourth-order valence-electron chi connectivity index (χ4n) is 3.61. The maximum absolute atomic E-state index is 5.65. The van der Waals surface area contributed by atoms with E-state index in [-0.39, 0.29) is 0 Å². The fraction of sp³-hybridized carbons (Fsp3) is 0.684. The van der Waals surface area contributed by atoms with Gasteiger partial charge < -0.3 is 10.1 Å². The summed E-state index contributed by atoms with van der Waals surface area (Å²) in [5.74, 6) is 2.68. The third-order valence-electron chi connectivity index (χ3n) is 4.52. The summed E-state index contributed by atoms with van der Waals surface area (Å²) in [6, 6.07) is 9.64. The molecule has 1 fully saturated rings. The molecule has 0 amide bonds. The molecule has 1 aromatic rings. The van der Waals surface area contributed by atoms with Crippen LogP contribution in [-0.4, -0.2) is 12.6 Å². The van der Waals surface area contributed by atoms with Gasteiger partial charge in [-0.05, 0) is 62.1 Å². The smallest absolute Gasteiger partial charge is 0.119 e. The van der Waals surface area contributed by atoms with E-state index in [0.29, 0.717) is 12.1 Å². The molecule has 1 aromatic carbocycles. The van der Waals surface area contributed by atoms with Gasteiger partial charge in [0, 0.05) is 12.1 Å². The zero-order valence-electron chi connectivity index (χ0n) is 14.1. The lowest BCUT2D eigenvalue weighted by Crippen LogP contribution is -2.37. The van der Waals surface area contributed by atoms with Crippen molar-refractivity contribution in [3.63, 3.8) is 0 Å². The second-order valence-electron chi connectivity index (χ2n) is 6.92. The Hall–Kier alpha value is -1.02. The highest BCUT2D eigenvalue weighted by Gasteiger charge is 2.24. The van der Waals surface area contributed by atoms with Crippen LogP contribution in [0, 0.1) is 11.8 Å². The van der Waals surface area contributed by atoms with E-state index in [2.05, 4.69) is 57.3 Å². The highest BCUT2D eigenvalue weighted by Crippen LogP contribution is 2.30. The Morgan fingerprint density at radius 1 is 1.10 bits per heavy atom. The van der Waals surface area contributed by atoms with E-state index in [9.17, 15) is 0 Å². The molecule has 3 atom stereocenters. The molecule has 21 heavy (non-hydrogen) atoms. The largest absolute Gasteiger partial charge is 0.494 e. The van der Waals surface area contributed by atoms with Crippen LogP contribution in [0.2, 0.25) is 0 Å². The number of rotatable bonds is 6. The van der Waals surface area contributed by atoms with Crippen LogP contribution in [0.5, 0.6) is 5.75 Å². The Balaban J connectivity index is 1.89. The zero-order valence-corrected chi connectivity index (χ0v) is 14.1. The fourth-order valence-corrected chi connectivity index (χ4v) is 3.61. The topological polar surface area (TPSA) is 21.3 Å². The molecular formula is C19H31NO. The van der Waals surface area contributed by atoms with Gasteiger partial charge in [0.25, 0.3) is 0 Å². The Kier molecular flexibility index (Phi) is 6.10. The molecule has 0 spiro atoms. The molecule has 0 bridgehead atoms. The van der Waals surface area contributed by atoms with E-state index in [0.717, 1.165) is 30.6 Å². The van der Waals surface area contributed by atoms with Gasteiger partial charge in [-0.1, -0.05) is 32.9 Å². The van der Waals surface area contributed by atoms with Crippen LogP contribution in [0.25, 0.3) is 0 Å². The predicted molar refractivity (Wildman–Crippen MR) is 89.7 cm³/mol. The van der Waals surface area contributed by atoms with Gasteiger partial charge in [0.2, 0.25) is 0 Å². The number of ether oxygens (including phenoxy) is 1. The average Bonchev–Trinajstić information content (AvgIpc) is 2.44. The monoisotopic (exact) mass is 289 g/mol. The van der Waals surface area contributed by atoms with E-state index in [4.69, 9.17) is 4.74 Å². The minimum Gasteiger partial charge on any atom is -0.494 e. The van der Waals surface area contributed by atoms with Gasteiger partial charge in [0.1, 0.15) is 5.75 Å². The van der Waals surface area contributed by atoms with E-state index in [1.165, 1.54) is 24.8 Å². The molecule has 1 N–H and O–H groups in total. The summed E-state index contributed by atoms with van der Waals surface area (Å²) >= 11 is 0. The van der Waals surface area contributed by atoms with Crippen molar-refractivity contribution < 1.29 is 4.74 Å². The van der Waals surface area contributed by atoms with Crippen molar-refractivity contribution >= 4 is 0 Å². The highest BCUT2D eigenvalue weighted by atomic mass is 16.5. The molecule has 0 aliphatic heterocycles. The van der Waals surface area contributed by atoms with Crippen LogP contribution in [0.3, 0.4) is 0 Å². The van der Waals surface area contributed by atoms with Gasteiger partial charge in [0.05, 0.1) is 6.61 Å². The van der Waals surface area contributed by atoms with Gasteiger partial charge in [0.15, 0.2) is 0 Å². The number of benzene rings is 1. The van der Waals surface area contributed by atoms with Crippen LogP contribution in [0.15, 0.2) is 24.3 Å². The van der Waals surface area contributed by atoms with E-state index >= 15 is 0 Å². The van der Waals surface area contributed by atoms with Crippen molar-refractivity contribution in [2.24, 2.45) is 11.8 Å². The summed E-state index contributed by atoms with van der Waals surface area (Å²) in [4.78, 5) is 0. The maximum atomic E-state index is 5.65. The Labute approximate surface area is 130 Å². The van der Waals surface area contributed by atoms with Crippen LogP contribution in [-0.2, 0) is 0 Å². The first-order valence-corrected chi connectivity index (χ1v) is 8.57. The molecule has 1 saturated carbocycles. The first kappa shape index (κ1) is 16.4. The summed E-state index contributed by atoms with van der Waals surface area (Å²) in [6.07, 6.45) is 5.06. The van der Waals surface area contributed by atoms with E-state index in [1.807, 2.05) is 0 Å². The van der Waals surface area contributed by atoms with Gasteiger partial charge in [-0.25, -0.2) is 0 Å². The summed E-state index contributed by atoms with van der Waals surface area (Å²) in [5, 5.41) is 3.82. The third-order valence-corrected chi connectivity index (χ3v) is 4.52. The Morgan fingerprint density at radius 3 is 2.29 bits per heavy atom. The highest BCUT2D eigenvalue weighted by molar-refractivity contribution is 5.29. The lowest BCUT2D eigenvalue weighted by molar-refractivity contribution is 0.228. The first-order valence-electron chi connectivity index (χ1n) is 8.57. The first-order chi connectivity index (χ1) is 10.1. The molecule has 0 saturated heterocycles. The minimum absolute atomic E-state index is 0.410. The quantitative estimate of drug-likeness (QED) is 0.800. The van der Waals surface area contributed by atoms with E-state index < -0.39 is 0 Å². The van der Waals surface area contributed by atoms with Crippen molar-refractivity contribution in [1.82, 2.24) is 5.32 Å². The molecule has 2 nitrogen and oxygen atoms in total. The number of hydrogen-bond acceptors (Lipinski definition) is 2. The van der Waals surface area contributed by atoms with Crippen molar-refractivity contribution in [3.05, 3.63) is 29.8 Å². The lowest BCUT2D eigenvalue weighted by Gasteiger charge is -2.34. The second kappa shape index (κ2) is 7.84. The van der Waals surface area contributed by atoms with Crippen molar-refractivity contribution in [2.75, 3.05) is 6.61 Å². The van der Waals surface area contributed by atoms with Crippen LogP contribution in [0.4, 0.5) is 0 Å². The predicted octanol–water partition coefficient (Wildman–Crippen LogP) is 4.95. The van der Waals surface area contributed by atoms with Crippen molar-refractivity contribution in [2.45, 2.75) is 65.5 Å². The summed E-state index contributed by atoms with van der Waals surface area (Å²) in [7, 11) is 0. The minimum atomic E-state index is 0.410. The molecule has 2 heteroatoms. The maximum Gasteiger partial charge on any atom is 0.119 e. The summed E-state index contributed by atoms with van der Waals surface area (Å²) in [6.45, 7) is 9.97. The summed E-state index contributed by atoms with van der Waals surface area (Å²) < 4.78 is 5.65. The number of nitrogens with one attached hydrogen (secondary N) is 1. The molecule has 0 heterocycles. The van der Waals surface area contributed by atoms with Gasteiger partial charge in [-0.3, -0.25) is 0 Å². The molecular weight excluding hydrogens is 258 g/mol. The van der Waals surface area contributed by atoms with Gasteiger partial charge >= 0.3 is 0 Å². The van der Waals surface area contributed by atoms with Gasteiger partial charge in [-0.2, -0.15) is 0 Å². The van der Waals surface area contributed by atoms with Crippen LogP contribution < -0.4 is 10.1 Å². The SMILES string of the molecule is CCCOc1ccc(C(C)NC2CC(C)CC(C)C2)cc1. The van der Waals surface area contributed by atoms with Crippen molar-refractivity contribution in [1.29, 1.82) is 0 Å². The molecule has 1 aliphatic rings. The third kappa shape index (κ3) is 5.03. The number of hydrogen-bond donors (Lipinski definition) is 1. The lowest BCUT2D eigenvalue weighted by atomic mass is 9.80. The molecule has 0 radical (unpaired) electrons. The average molecular weight is 289 g/mol. The standard InChI is InChI=1S/C19H31NO/c1-5-10-21-19-8-6-17(7-9-19)16(4)20-18-12-14(2)11-15(3)13-18/h6-9,14-16,18,20H,5,10-13H2,1-4H3.